The Morgan fingerprint density at radius 2 is 2.11 bits per heavy atom. The van der Waals surface area contributed by atoms with Gasteiger partial charge in [0, 0.05) is 12.1 Å². The Kier molecular flexibility index (Phi) is 5.02. The maximum absolute atomic E-state index is 13.1. The molecular formula is C14H18FN3O. The summed E-state index contributed by atoms with van der Waals surface area (Å²) in [7, 11) is 0. The van der Waals surface area contributed by atoms with Crippen LogP contribution in [0.3, 0.4) is 0 Å². The van der Waals surface area contributed by atoms with Crippen molar-refractivity contribution in [2.24, 2.45) is 0 Å². The average molecular weight is 263 g/mol. The zero-order chi connectivity index (χ0) is 14.5. The molecule has 5 heteroatoms. The van der Waals surface area contributed by atoms with Crippen LogP contribution in [-0.4, -0.2) is 18.0 Å². The quantitative estimate of drug-likeness (QED) is 0.869. The molecular weight excluding hydrogens is 245 g/mol. The molecule has 0 radical (unpaired) electrons. The summed E-state index contributed by atoms with van der Waals surface area (Å²) in [6, 6.07) is 6.10. The summed E-state index contributed by atoms with van der Waals surface area (Å²) in [4.78, 5) is 11.5. The summed E-state index contributed by atoms with van der Waals surface area (Å²) in [5, 5.41) is 14.5. The van der Waals surface area contributed by atoms with Crippen molar-refractivity contribution in [3.05, 3.63) is 35.1 Å². The third kappa shape index (κ3) is 5.49. The Morgan fingerprint density at radius 3 is 2.68 bits per heavy atom. The molecule has 0 saturated carbocycles. The van der Waals surface area contributed by atoms with Gasteiger partial charge in [-0.05, 0) is 38.5 Å². The Hall–Kier alpha value is -1.93. The predicted molar refractivity (Wildman–Crippen MR) is 70.7 cm³/mol. The number of halogens is 1. The Bertz CT molecular complexity index is 500. The van der Waals surface area contributed by atoms with E-state index in [0.717, 1.165) is 5.56 Å². The summed E-state index contributed by atoms with van der Waals surface area (Å²) in [6.07, 6.45) is 0. The molecule has 0 fully saturated rings. The first-order valence-corrected chi connectivity index (χ1v) is 6.02. The number of rotatable bonds is 4. The molecule has 0 aliphatic rings. The lowest BCUT2D eigenvalue weighted by Crippen LogP contribution is -2.44. The van der Waals surface area contributed by atoms with Crippen molar-refractivity contribution < 1.29 is 9.18 Å². The molecule has 0 aromatic heterocycles. The predicted octanol–water partition coefficient (Wildman–Crippen LogP) is 1.70. The molecule has 1 amide bonds. The van der Waals surface area contributed by atoms with Gasteiger partial charge in [0.1, 0.15) is 11.9 Å². The van der Waals surface area contributed by atoms with Gasteiger partial charge in [0.15, 0.2) is 0 Å². The summed E-state index contributed by atoms with van der Waals surface area (Å²) in [6.45, 7) is 6.31. The van der Waals surface area contributed by atoms with Crippen LogP contribution in [0.5, 0.6) is 0 Å². The topological polar surface area (TPSA) is 64.9 Å². The highest BCUT2D eigenvalue weighted by molar-refractivity contribution is 5.78. The minimum absolute atomic E-state index is 0.0124. The molecule has 0 atom stereocenters. The number of carbonyl (C=O) groups is 1. The second kappa shape index (κ2) is 6.30. The Morgan fingerprint density at radius 1 is 1.42 bits per heavy atom. The number of nitriles is 1. The van der Waals surface area contributed by atoms with E-state index in [1.165, 1.54) is 12.1 Å². The van der Waals surface area contributed by atoms with Gasteiger partial charge < -0.3 is 10.6 Å². The second-order valence-electron chi connectivity index (χ2n) is 5.33. The fourth-order valence-corrected chi connectivity index (χ4v) is 1.55. The smallest absolute Gasteiger partial charge is 0.234 e. The third-order valence-corrected chi connectivity index (χ3v) is 2.28. The van der Waals surface area contributed by atoms with Gasteiger partial charge in [-0.3, -0.25) is 4.79 Å². The van der Waals surface area contributed by atoms with E-state index in [0.29, 0.717) is 6.54 Å². The first-order chi connectivity index (χ1) is 8.81. The zero-order valence-electron chi connectivity index (χ0n) is 11.4. The summed E-state index contributed by atoms with van der Waals surface area (Å²) >= 11 is 0. The van der Waals surface area contributed by atoms with Crippen molar-refractivity contribution in [3.63, 3.8) is 0 Å². The molecule has 4 nitrogen and oxygen atoms in total. The zero-order valence-corrected chi connectivity index (χ0v) is 11.4. The normalized spacial score (nSPS) is 10.9. The van der Waals surface area contributed by atoms with Gasteiger partial charge in [-0.25, -0.2) is 4.39 Å². The number of nitrogens with zero attached hydrogens (tertiary/aromatic N) is 1. The first-order valence-electron chi connectivity index (χ1n) is 6.02. The molecule has 1 aromatic carbocycles. The van der Waals surface area contributed by atoms with Gasteiger partial charge in [-0.2, -0.15) is 5.26 Å². The molecule has 2 N–H and O–H groups in total. The number of nitrogens with one attached hydrogen (secondary N) is 2. The van der Waals surface area contributed by atoms with Gasteiger partial charge in [-0.1, -0.05) is 6.07 Å². The molecule has 0 heterocycles. The number of hydrogen-bond acceptors (Lipinski definition) is 3. The molecule has 19 heavy (non-hydrogen) atoms. The molecule has 0 bridgehead atoms. The molecule has 0 unspecified atom stereocenters. The highest BCUT2D eigenvalue weighted by Crippen LogP contribution is 2.09. The van der Waals surface area contributed by atoms with E-state index in [4.69, 9.17) is 5.26 Å². The monoisotopic (exact) mass is 263 g/mol. The van der Waals surface area contributed by atoms with Crippen LogP contribution in [0.15, 0.2) is 18.2 Å². The molecule has 1 rings (SSSR count). The Labute approximate surface area is 112 Å². The highest BCUT2D eigenvalue weighted by atomic mass is 19.1. The van der Waals surface area contributed by atoms with Crippen molar-refractivity contribution in [3.8, 4) is 6.07 Å². The minimum Gasteiger partial charge on any atom is -0.350 e. The largest absolute Gasteiger partial charge is 0.350 e. The Balaban J connectivity index is 2.46. The fraction of sp³-hybridized carbons (Fsp3) is 0.429. The van der Waals surface area contributed by atoms with Crippen LogP contribution in [0.4, 0.5) is 4.39 Å². The maximum atomic E-state index is 13.1. The number of benzene rings is 1. The summed E-state index contributed by atoms with van der Waals surface area (Å²) in [5.74, 6) is -0.633. The third-order valence-electron chi connectivity index (χ3n) is 2.28. The van der Waals surface area contributed by atoms with E-state index in [9.17, 15) is 9.18 Å². The maximum Gasteiger partial charge on any atom is 0.234 e. The molecule has 0 spiro atoms. The van der Waals surface area contributed by atoms with E-state index in [2.05, 4.69) is 10.6 Å². The summed E-state index contributed by atoms with van der Waals surface area (Å²) < 4.78 is 13.1. The SMILES string of the molecule is CC(C)(C)NC(=O)CNCc1ccc(F)c(C#N)c1. The van der Waals surface area contributed by atoms with E-state index in [-0.39, 0.29) is 23.6 Å². The lowest BCUT2D eigenvalue weighted by Gasteiger charge is -2.20. The lowest BCUT2D eigenvalue weighted by molar-refractivity contribution is -0.121. The highest BCUT2D eigenvalue weighted by Gasteiger charge is 2.12. The second-order valence-corrected chi connectivity index (χ2v) is 5.33. The van der Waals surface area contributed by atoms with E-state index < -0.39 is 5.82 Å². The minimum atomic E-state index is -0.531. The van der Waals surface area contributed by atoms with Crippen molar-refractivity contribution in [2.75, 3.05) is 6.54 Å². The van der Waals surface area contributed by atoms with Crippen LogP contribution in [-0.2, 0) is 11.3 Å². The van der Waals surface area contributed by atoms with Crippen molar-refractivity contribution in [1.82, 2.24) is 10.6 Å². The van der Waals surface area contributed by atoms with Gasteiger partial charge in [0.2, 0.25) is 5.91 Å². The van der Waals surface area contributed by atoms with Gasteiger partial charge in [0.25, 0.3) is 0 Å². The van der Waals surface area contributed by atoms with Crippen molar-refractivity contribution >= 4 is 5.91 Å². The van der Waals surface area contributed by atoms with Crippen LogP contribution in [0, 0.1) is 17.1 Å². The van der Waals surface area contributed by atoms with Crippen molar-refractivity contribution in [2.45, 2.75) is 32.9 Å². The van der Waals surface area contributed by atoms with Gasteiger partial charge in [-0.15, -0.1) is 0 Å². The van der Waals surface area contributed by atoms with E-state index >= 15 is 0 Å². The number of amides is 1. The van der Waals surface area contributed by atoms with Gasteiger partial charge in [0.05, 0.1) is 12.1 Å². The molecule has 0 aliphatic heterocycles. The molecule has 0 saturated heterocycles. The number of hydrogen-bond donors (Lipinski definition) is 2. The van der Waals surface area contributed by atoms with Crippen LogP contribution in [0.2, 0.25) is 0 Å². The summed E-state index contributed by atoms with van der Waals surface area (Å²) in [5.41, 5.74) is 0.516. The van der Waals surface area contributed by atoms with Crippen LogP contribution < -0.4 is 10.6 Å². The number of carbonyl (C=O) groups excluding carboxylic acids is 1. The molecule has 102 valence electrons. The van der Waals surface area contributed by atoms with Crippen LogP contribution in [0.1, 0.15) is 31.9 Å². The van der Waals surface area contributed by atoms with Crippen molar-refractivity contribution in [1.29, 1.82) is 5.26 Å². The van der Waals surface area contributed by atoms with Crippen LogP contribution in [0.25, 0.3) is 0 Å². The average Bonchev–Trinajstić information content (AvgIpc) is 2.29. The molecule has 0 aliphatic carbocycles. The van der Waals surface area contributed by atoms with E-state index in [1.807, 2.05) is 20.8 Å². The first kappa shape index (κ1) is 15.1. The van der Waals surface area contributed by atoms with E-state index in [1.54, 1.807) is 12.1 Å². The lowest BCUT2D eigenvalue weighted by atomic mass is 10.1. The van der Waals surface area contributed by atoms with Gasteiger partial charge >= 0.3 is 0 Å². The molecule has 1 aromatic rings. The fourth-order valence-electron chi connectivity index (χ4n) is 1.55. The standard InChI is InChI=1S/C14H18FN3O/c1-14(2,3)18-13(19)9-17-8-10-4-5-12(15)11(6-10)7-16/h4-6,17H,8-9H2,1-3H3,(H,18,19). The van der Waals surface area contributed by atoms with Crippen LogP contribution >= 0.6 is 0 Å².